The van der Waals surface area contributed by atoms with Crippen LogP contribution in [0.3, 0.4) is 0 Å². The van der Waals surface area contributed by atoms with E-state index in [2.05, 4.69) is 48.3 Å². The van der Waals surface area contributed by atoms with Crippen molar-refractivity contribution in [1.29, 1.82) is 0 Å². The van der Waals surface area contributed by atoms with E-state index in [0.717, 1.165) is 36.1 Å². The minimum atomic E-state index is -4.41. The van der Waals surface area contributed by atoms with Crippen molar-refractivity contribution in [2.45, 2.75) is 69.9 Å². The predicted octanol–water partition coefficient (Wildman–Crippen LogP) is 9.13. The highest BCUT2D eigenvalue weighted by molar-refractivity contribution is 5.80. The van der Waals surface area contributed by atoms with Crippen LogP contribution in [0.4, 0.5) is 13.2 Å². The van der Waals surface area contributed by atoms with Gasteiger partial charge in [-0.25, -0.2) is 0 Å². The summed E-state index contributed by atoms with van der Waals surface area (Å²) in [6.45, 7) is 2.16. The summed E-state index contributed by atoms with van der Waals surface area (Å²) in [4.78, 5) is 16.6. The Morgan fingerprint density at radius 2 is 1.80 bits per heavy atom. The van der Waals surface area contributed by atoms with Crippen LogP contribution in [-0.2, 0) is 15.7 Å². The maximum Gasteiger partial charge on any atom is 0.416 e. The normalized spacial score (nSPS) is 19.4. The lowest BCUT2D eigenvalue weighted by Gasteiger charge is -2.31. The molecule has 1 aromatic heterocycles. The summed E-state index contributed by atoms with van der Waals surface area (Å²) in [7, 11) is 1.41. The zero-order valence-corrected chi connectivity index (χ0v) is 23.1. The second-order valence-corrected chi connectivity index (χ2v) is 11.1. The summed E-state index contributed by atoms with van der Waals surface area (Å²) in [6.07, 6.45) is 10.9. The zero-order chi connectivity index (χ0) is 28.3. The second-order valence-electron chi connectivity index (χ2n) is 11.1. The predicted molar refractivity (Wildman–Crippen MR) is 152 cm³/mol. The van der Waals surface area contributed by atoms with Gasteiger partial charge in [-0.2, -0.15) is 13.2 Å². The van der Waals surface area contributed by atoms with Crippen LogP contribution in [0.25, 0.3) is 10.9 Å². The van der Waals surface area contributed by atoms with Crippen LogP contribution in [-0.4, -0.2) is 18.1 Å². The third-order valence-corrected chi connectivity index (χ3v) is 8.58. The number of aromatic nitrogens is 1. The smallest absolute Gasteiger partial charge is 0.416 e. The summed E-state index contributed by atoms with van der Waals surface area (Å²) >= 11 is 0. The molecule has 6 heteroatoms. The molecule has 3 nitrogen and oxygen atoms in total. The number of carbonyl (C=O) groups excluding carboxylic acids is 1. The number of nitrogens with zero attached hydrogens (tertiary/aromatic N) is 1. The third kappa shape index (κ3) is 6.01. The molecule has 0 amide bonds. The third-order valence-electron chi connectivity index (χ3n) is 8.58. The number of ether oxygens (including phenoxy) is 1. The van der Waals surface area contributed by atoms with Crippen LogP contribution >= 0.6 is 0 Å². The van der Waals surface area contributed by atoms with Crippen molar-refractivity contribution in [3.63, 3.8) is 0 Å². The molecule has 0 bridgehead atoms. The Bertz CT molecular complexity index is 1400. The van der Waals surface area contributed by atoms with Gasteiger partial charge in [0, 0.05) is 17.5 Å². The number of benzene rings is 2. The van der Waals surface area contributed by atoms with Gasteiger partial charge in [0.15, 0.2) is 0 Å². The summed E-state index contributed by atoms with van der Waals surface area (Å²) in [5, 5.41) is 0.687. The van der Waals surface area contributed by atoms with Gasteiger partial charge in [-0.1, -0.05) is 74.7 Å². The molecule has 2 aliphatic rings. The average Bonchev–Trinajstić information content (AvgIpc) is 3.51. The topological polar surface area (TPSA) is 39.2 Å². The van der Waals surface area contributed by atoms with Crippen LogP contribution in [0.5, 0.6) is 0 Å². The number of pyridine rings is 1. The average molecular weight is 548 g/mol. The van der Waals surface area contributed by atoms with Gasteiger partial charge in [0.25, 0.3) is 0 Å². The summed E-state index contributed by atoms with van der Waals surface area (Å²) < 4.78 is 44.9. The molecule has 3 aromatic rings. The molecule has 1 saturated carbocycles. The Labute approximate surface area is 234 Å². The molecule has 0 saturated heterocycles. The molecule has 0 spiro atoms. The number of fused-ring (bicyclic) bond motifs is 1. The molecule has 0 N–H and O–H groups in total. The molecule has 40 heavy (non-hydrogen) atoms. The van der Waals surface area contributed by atoms with E-state index in [1.165, 1.54) is 50.0 Å². The monoisotopic (exact) mass is 547 g/mol. The number of hydrogen-bond donors (Lipinski definition) is 0. The quantitative estimate of drug-likeness (QED) is 0.264. The first-order valence-corrected chi connectivity index (χ1v) is 14.3. The van der Waals surface area contributed by atoms with Gasteiger partial charge < -0.3 is 4.74 Å². The van der Waals surface area contributed by atoms with Crippen molar-refractivity contribution in [3.05, 3.63) is 101 Å². The molecule has 2 aliphatic carbocycles. The van der Waals surface area contributed by atoms with Gasteiger partial charge in [-0.3, -0.25) is 9.78 Å². The van der Waals surface area contributed by atoms with E-state index in [0.29, 0.717) is 23.2 Å². The van der Waals surface area contributed by atoms with Crippen molar-refractivity contribution in [3.8, 4) is 0 Å². The van der Waals surface area contributed by atoms with Crippen molar-refractivity contribution < 1.29 is 22.7 Å². The number of carbonyl (C=O) groups is 1. The summed E-state index contributed by atoms with van der Waals surface area (Å²) in [5.41, 5.74) is 4.32. The SMILES string of the molecule is CCCC(C1=CCC(C(=O)OC)C=C1)C(c1ccc(C2CCCC2)cc1)c1cnc2cc(C(F)(F)F)ccc2c1. The van der Waals surface area contributed by atoms with Crippen molar-refractivity contribution in [2.75, 3.05) is 7.11 Å². The van der Waals surface area contributed by atoms with Crippen molar-refractivity contribution >= 4 is 16.9 Å². The molecule has 2 aromatic carbocycles. The Morgan fingerprint density at radius 1 is 1.05 bits per heavy atom. The van der Waals surface area contributed by atoms with Crippen LogP contribution in [0.2, 0.25) is 0 Å². The van der Waals surface area contributed by atoms with Gasteiger partial charge in [0.1, 0.15) is 0 Å². The number of rotatable bonds is 8. The lowest BCUT2D eigenvalue weighted by molar-refractivity contribution is -0.143. The van der Waals surface area contributed by atoms with E-state index in [-0.39, 0.29) is 23.7 Å². The highest BCUT2D eigenvalue weighted by atomic mass is 19.4. The fourth-order valence-electron chi connectivity index (χ4n) is 6.45. The maximum absolute atomic E-state index is 13.3. The fourth-order valence-corrected chi connectivity index (χ4v) is 6.45. The first kappa shape index (κ1) is 28.1. The minimum Gasteiger partial charge on any atom is -0.469 e. The number of halogens is 3. The Balaban J connectivity index is 1.56. The largest absolute Gasteiger partial charge is 0.469 e. The summed E-state index contributed by atoms with van der Waals surface area (Å²) in [6, 6.07) is 14.7. The van der Waals surface area contributed by atoms with E-state index in [9.17, 15) is 18.0 Å². The summed E-state index contributed by atoms with van der Waals surface area (Å²) in [5.74, 6) is 0.163. The first-order chi connectivity index (χ1) is 19.3. The van der Waals surface area contributed by atoms with E-state index in [1.54, 1.807) is 6.20 Å². The van der Waals surface area contributed by atoms with Crippen molar-refractivity contribution in [1.82, 2.24) is 4.98 Å². The highest BCUT2D eigenvalue weighted by Gasteiger charge is 2.32. The van der Waals surface area contributed by atoms with E-state index in [1.807, 2.05) is 12.1 Å². The molecule has 5 rings (SSSR count). The highest BCUT2D eigenvalue weighted by Crippen LogP contribution is 2.43. The van der Waals surface area contributed by atoms with E-state index < -0.39 is 11.7 Å². The van der Waals surface area contributed by atoms with Gasteiger partial charge in [0.05, 0.1) is 24.1 Å². The zero-order valence-electron chi connectivity index (χ0n) is 23.1. The number of methoxy groups -OCH3 is 1. The van der Waals surface area contributed by atoms with Crippen LogP contribution < -0.4 is 0 Å². The molecular weight excluding hydrogens is 511 g/mol. The maximum atomic E-state index is 13.3. The van der Waals surface area contributed by atoms with Gasteiger partial charge >= 0.3 is 12.1 Å². The molecule has 1 heterocycles. The van der Waals surface area contributed by atoms with Crippen LogP contribution in [0.15, 0.2) is 78.5 Å². The molecule has 3 unspecified atom stereocenters. The van der Waals surface area contributed by atoms with E-state index in [4.69, 9.17) is 4.74 Å². The first-order valence-electron chi connectivity index (χ1n) is 14.3. The minimum absolute atomic E-state index is 0.0395. The Hall–Kier alpha value is -3.41. The van der Waals surface area contributed by atoms with Crippen LogP contribution in [0, 0.1) is 11.8 Å². The number of esters is 1. The molecular formula is C34H36F3NO2. The Morgan fingerprint density at radius 3 is 2.42 bits per heavy atom. The number of allylic oxidation sites excluding steroid dienone is 3. The number of hydrogen-bond acceptors (Lipinski definition) is 3. The van der Waals surface area contributed by atoms with Gasteiger partial charge in [-0.05, 0) is 78.0 Å². The molecule has 0 aliphatic heterocycles. The van der Waals surface area contributed by atoms with Crippen LogP contribution in [0.1, 0.15) is 86.0 Å². The standard InChI is InChI=1S/C34H36F3NO2/c1-3-6-30(24-11-15-26(16-12-24)33(39)40-2)32(25-13-9-23(10-14-25)22-7-4-5-8-22)28-19-27-17-18-29(34(35,36)37)20-31(27)38-21-28/h9-15,17-22,26,30,32H,3-8,16H2,1-2H3. The Kier molecular flexibility index (Phi) is 8.43. The lowest BCUT2D eigenvalue weighted by atomic mass is 9.73. The van der Waals surface area contributed by atoms with Gasteiger partial charge in [0.2, 0.25) is 0 Å². The molecule has 1 fully saturated rings. The second kappa shape index (κ2) is 12.0. The fraction of sp³-hybridized carbons (Fsp3) is 0.412. The van der Waals surface area contributed by atoms with E-state index >= 15 is 0 Å². The number of alkyl halides is 3. The van der Waals surface area contributed by atoms with Crippen molar-refractivity contribution in [2.24, 2.45) is 11.8 Å². The van der Waals surface area contributed by atoms with Gasteiger partial charge in [-0.15, -0.1) is 0 Å². The molecule has 0 radical (unpaired) electrons. The molecule has 3 atom stereocenters. The molecule has 210 valence electrons. The lowest BCUT2D eigenvalue weighted by Crippen LogP contribution is -2.20.